The molecule has 0 saturated heterocycles. The molecule has 0 heterocycles. The van der Waals surface area contributed by atoms with Crippen LogP contribution in [0.2, 0.25) is 0 Å². The van der Waals surface area contributed by atoms with Crippen molar-refractivity contribution in [2.45, 2.75) is 76.3 Å². The normalized spacial score (nSPS) is 18.7. The fourth-order valence-electron chi connectivity index (χ4n) is 3.36. The molecule has 4 N–H and O–H groups in total. The van der Waals surface area contributed by atoms with E-state index in [1.165, 1.54) is 0 Å². The third-order valence-corrected chi connectivity index (χ3v) is 4.88. The first-order chi connectivity index (χ1) is 12.4. The highest BCUT2D eigenvalue weighted by molar-refractivity contribution is 6.33. The molecule has 0 unspecified atom stereocenters. The molecule has 2 aliphatic rings. The van der Waals surface area contributed by atoms with Gasteiger partial charge < -0.3 is 9.47 Å². The molecule has 0 atom stereocenters. The van der Waals surface area contributed by atoms with Crippen molar-refractivity contribution in [2.75, 3.05) is 0 Å². The predicted molar refractivity (Wildman–Crippen MR) is 88.8 cm³/mol. The highest BCUT2D eigenvalue weighted by Gasteiger charge is 2.32. The van der Waals surface area contributed by atoms with E-state index in [0.29, 0.717) is 25.7 Å². The molecular weight excluding hydrogens is 344 g/mol. The number of carbonyl (C=O) groups is 4. The van der Waals surface area contributed by atoms with E-state index in [9.17, 15) is 19.2 Å². The van der Waals surface area contributed by atoms with Crippen LogP contribution in [0.4, 0.5) is 9.59 Å². The van der Waals surface area contributed by atoms with E-state index < -0.39 is 24.1 Å². The van der Waals surface area contributed by atoms with Gasteiger partial charge >= 0.3 is 24.1 Å². The van der Waals surface area contributed by atoms with E-state index in [4.69, 9.17) is 11.7 Å². The monoisotopic (exact) mass is 370 g/mol. The fraction of sp³-hybridized carbons (Fsp3) is 0.750. The van der Waals surface area contributed by atoms with E-state index in [-0.39, 0.29) is 12.1 Å². The van der Waals surface area contributed by atoms with Crippen molar-refractivity contribution < 1.29 is 28.7 Å². The number of hydrogen-bond donors (Lipinski definition) is 2. The van der Waals surface area contributed by atoms with Gasteiger partial charge in [0.2, 0.25) is 0 Å². The third-order valence-electron chi connectivity index (χ3n) is 4.88. The van der Waals surface area contributed by atoms with Gasteiger partial charge in [0.05, 0.1) is 12.1 Å². The van der Waals surface area contributed by atoms with Gasteiger partial charge in [-0.15, -0.1) is 0 Å². The van der Waals surface area contributed by atoms with Crippen molar-refractivity contribution in [2.24, 2.45) is 11.7 Å². The standard InChI is InChI=1S/C16H26N4O6/c17-19(11-7-3-1-4-8-11)15(23)25-13(21)14(22)26-16(24)20(18)12-9-5-2-6-10-12/h11-12H,1-10,17-18H2. The maximum atomic E-state index is 11.9. The first-order valence-electron chi connectivity index (χ1n) is 9.00. The van der Waals surface area contributed by atoms with E-state index in [1.807, 2.05) is 0 Å². The quantitative estimate of drug-likeness (QED) is 0.185. The maximum Gasteiger partial charge on any atom is 0.432 e. The molecule has 10 nitrogen and oxygen atoms in total. The summed E-state index contributed by atoms with van der Waals surface area (Å²) in [5.41, 5.74) is 0. The summed E-state index contributed by atoms with van der Waals surface area (Å²) in [4.78, 5) is 47.0. The van der Waals surface area contributed by atoms with Crippen LogP contribution in [0.1, 0.15) is 64.2 Å². The van der Waals surface area contributed by atoms with Gasteiger partial charge in [-0.3, -0.25) is 0 Å². The molecule has 2 fully saturated rings. The van der Waals surface area contributed by atoms with Gasteiger partial charge in [-0.2, -0.15) is 0 Å². The van der Waals surface area contributed by atoms with E-state index in [2.05, 4.69) is 9.47 Å². The van der Waals surface area contributed by atoms with E-state index >= 15 is 0 Å². The first-order valence-corrected chi connectivity index (χ1v) is 9.00. The number of hydrazine groups is 2. The Balaban J connectivity index is 1.79. The summed E-state index contributed by atoms with van der Waals surface area (Å²) in [5, 5.41) is 1.62. The Labute approximate surface area is 151 Å². The smallest absolute Gasteiger partial charge is 0.366 e. The molecule has 2 aliphatic carbocycles. The Hall–Kier alpha value is -2.20. The van der Waals surface area contributed by atoms with Crippen molar-refractivity contribution in [3.05, 3.63) is 0 Å². The maximum absolute atomic E-state index is 11.9. The molecule has 26 heavy (non-hydrogen) atoms. The molecule has 2 rings (SSSR count). The summed E-state index contributed by atoms with van der Waals surface area (Å²) in [5.74, 6) is 8.08. The van der Waals surface area contributed by atoms with Crippen LogP contribution in [0.25, 0.3) is 0 Å². The predicted octanol–water partition coefficient (Wildman–Crippen LogP) is 1.33. The van der Waals surface area contributed by atoms with Crippen LogP contribution in [0, 0.1) is 0 Å². The van der Waals surface area contributed by atoms with E-state index in [1.54, 1.807) is 0 Å². The zero-order valence-electron chi connectivity index (χ0n) is 14.7. The first kappa shape index (κ1) is 20.1. The second-order valence-corrected chi connectivity index (χ2v) is 6.71. The average molecular weight is 370 g/mol. The van der Waals surface area contributed by atoms with Crippen molar-refractivity contribution >= 4 is 24.1 Å². The zero-order chi connectivity index (χ0) is 19.1. The van der Waals surface area contributed by atoms with Gasteiger partial charge in [0, 0.05) is 0 Å². The lowest BCUT2D eigenvalue weighted by molar-refractivity contribution is -0.161. The van der Waals surface area contributed by atoms with Crippen LogP contribution in [-0.2, 0) is 19.1 Å². The van der Waals surface area contributed by atoms with Gasteiger partial charge in [0.1, 0.15) is 0 Å². The number of hydrogen-bond acceptors (Lipinski definition) is 8. The molecule has 2 amide bonds. The number of esters is 2. The van der Waals surface area contributed by atoms with Gasteiger partial charge in [0.25, 0.3) is 0 Å². The second-order valence-electron chi connectivity index (χ2n) is 6.71. The number of carbonyl (C=O) groups excluding carboxylic acids is 4. The molecule has 0 aliphatic heterocycles. The van der Waals surface area contributed by atoms with Crippen molar-refractivity contribution in [1.29, 1.82) is 0 Å². The van der Waals surface area contributed by atoms with Crippen LogP contribution in [-0.4, -0.2) is 46.2 Å². The summed E-state index contributed by atoms with van der Waals surface area (Å²) in [6.45, 7) is 0. The third kappa shape index (κ3) is 5.40. The lowest BCUT2D eigenvalue weighted by Crippen LogP contribution is -2.49. The molecule has 0 aromatic carbocycles. The van der Waals surface area contributed by atoms with Crippen LogP contribution < -0.4 is 11.7 Å². The van der Waals surface area contributed by atoms with E-state index in [0.717, 1.165) is 48.5 Å². The molecule has 0 radical (unpaired) electrons. The summed E-state index contributed by atoms with van der Waals surface area (Å²) in [6, 6.07) is -0.486. The van der Waals surface area contributed by atoms with Crippen molar-refractivity contribution in [3.63, 3.8) is 0 Å². The molecule has 0 aromatic heterocycles. The number of amides is 2. The van der Waals surface area contributed by atoms with Crippen LogP contribution >= 0.6 is 0 Å². The number of rotatable bonds is 2. The molecule has 146 valence electrons. The van der Waals surface area contributed by atoms with Gasteiger partial charge in [0.15, 0.2) is 0 Å². The molecule has 2 saturated carbocycles. The molecular formula is C16H26N4O6. The Morgan fingerprint density at radius 1 is 0.615 bits per heavy atom. The zero-order valence-corrected chi connectivity index (χ0v) is 14.7. The number of nitrogens with zero attached hydrogens (tertiary/aromatic N) is 2. The summed E-state index contributed by atoms with van der Waals surface area (Å²) >= 11 is 0. The van der Waals surface area contributed by atoms with Gasteiger partial charge in [-0.25, -0.2) is 40.9 Å². The Kier molecular flexibility index (Phi) is 7.34. The minimum Gasteiger partial charge on any atom is -0.366 e. The van der Waals surface area contributed by atoms with Crippen molar-refractivity contribution in [1.82, 2.24) is 10.0 Å². The van der Waals surface area contributed by atoms with Crippen molar-refractivity contribution in [3.8, 4) is 0 Å². The minimum absolute atomic E-state index is 0.243. The lowest BCUT2D eigenvalue weighted by Gasteiger charge is -2.29. The Morgan fingerprint density at radius 3 is 1.23 bits per heavy atom. The largest absolute Gasteiger partial charge is 0.432 e. The molecule has 0 spiro atoms. The topological polar surface area (TPSA) is 145 Å². The molecule has 0 aromatic rings. The summed E-state index contributed by atoms with van der Waals surface area (Å²) in [6.07, 6.45) is 6.30. The number of ether oxygens (including phenoxy) is 2. The van der Waals surface area contributed by atoms with Gasteiger partial charge in [-0.1, -0.05) is 38.5 Å². The SMILES string of the molecule is NN(C(=O)OC(=O)C(=O)OC(=O)N(N)C1CCCCC1)C1CCCCC1. The van der Waals surface area contributed by atoms with Crippen LogP contribution in [0.3, 0.4) is 0 Å². The summed E-state index contributed by atoms with van der Waals surface area (Å²) in [7, 11) is 0. The fourth-order valence-corrected chi connectivity index (χ4v) is 3.36. The Bertz CT molecular complexity index is 495. The van der Waals surface area contributed by atoms with Crippen LogP contribution in [0.15, 0.2) is 0 Å². The molecule has 10 heteroatoms. The lowest BCUT2D eigenvalue weighted by atomic mass is 9.95. The Morgan fingerprint density at radius 2 is 0.923 bits per heavy atom. The average Bonchev–Trinajstić information content (AvgIpc) is 2.67. The van der Waals surface area contributed by atoms with Gasteiger partial charge in [-0.05, 0) is 25.7 Å². The minimum atomic E-state index is -1.60. The second kappa shape index (κ2) is 9.48. The number of nitrogens with two attached hydrogens (primary N) is 2. The van der Waals surface area contributed by atoms with Crippen LogP contribution in [0.5, 0.6) is 0 Å². The summed E-state index contributed by atoms with van der Waals surface area (Å²) < 4.78 is 8.78. The highest BCUT2D eigenvalue weighted by Crippen LogP contribution is 2.22. The highest BCUT2D eigenvalue weighted by atomic mass is 16.7. The molecule has 0 bridgehead atoms.